The number of benzene rings is 1. The summed E-state index contributed by atoms with van der Waals surface area (Å²) in [4.78, 5) is 35.9. The molecule has 1 aromatic rings. The van der Waals surface area contributed by atoms with E-state index in [1.165, 1.54) is 7.11 Å². The first kappa shape index (κ1) is 15.8. The van der Waals surface area contributed by atoms with Gasteiger partial charge in [-0.3, -0.25) is 19.8 Å². The minimum absolute atomic E-state index is 0.304. The van der Waals surface area contributed by atoms with Crippen LogP contribution in [0.3, 0.4) is 0 Å². The minimum Gasteiger partial charge on any atom is -0.493 e. The van der Waals surface area contributed by atoms with Crippen molar-refractivity contribution >= 4 is 17.8 Å². The van der Waals surface area contributed by atoms with Crippen molar-refractivity contribution in [3.05, 3.63) is 23.8 Å². The minimum atomic E-state index is -0.672. The van der Waals surface area contributed by atoms with E-state index in [1.807, 2.05) is 6.07 Å². The van der Waals surface area contributed by atoms with Crippen molar-refractivity contribution in [2.24, 2.45) is 0 Å². The molecular weight excluding hydrogens is 288 g/mol. The molecule has 22 heavy (non-hydrogen) atoms. The van der Waals surface area contributed by atoms with Gasteiger partial charge in [0.05, 0.1) is 14.2 Å². The molecule has 0 saturated carbocycles. The molecule has 0 aromatic heterocycles. The van der Waals surface area contributed by atoms with E-state index < -0.39 is 17.8 Å². The van der Waals surface area contributed by atoms with Gasteiger partial charge in [0.15, 0.2) is 11.5 Å². The van der Waals surface area contributed by atoms with Crippen LogP contribution >= 0.6 is 0 Å². The van der Waals surface area contributed by atoms with Gasteiger partial charge in [0.1, 0.15) is 6.42 Å². The van der Waals surface area contributed by atoms with E-state index in [9.17, 15) is 14.4 Å². The predicted molar refractivity (Wildman–Crippen MR) is 77.7 cm³/mol. The van der Waals surface area contributed by atoms with E-state index in [0.717, 1.165) is 10.5 Å². The van der Waals surface area contributed by atoms with Gasteiger partial charge in [-0.1, -0.05) is 6.07 Å². The van der Waals surface area contributed by atoms with Gasteiger partial charge in [-0.15, -0.1) is 0 Å². The Labute approximate surface area is 128 Å². The van der Waals surface area contributed by atoms with Crippen molar-refractivity contribution in [2.45, 2.75) is 25.8 Å². The number of barbiturate groups is 1. The predicted octanol–water partition coefficient (Wildman–Crippen LogP) is 1.10. The number of rotatable bonds is 5. The highest BCUT2D eigenvalue weighted by molar-refractivity contribution is 6.14. The van der Waals surface area contributed by atoms with Crippen LogP contribution in [0.4, 0.5) is 4.79 Å². The highest BCUT2D eigenvalue weighted by atomic mass is 16.5. The van der Waals surface area contributed by atoms with Crippen LogP contribution in [0.2, 0.25) is 0 Å². The lowest BCUT2D eigenvalue weighted by Crippen LogP contribution is -2.56. The summed E-state index contributed by atoms with van der Waals surface area (Å²) in [7, 11) is 3.09. The average Bonchev–Trinajstić information content (AvgIpc) is 2.45. The van der Waals surface area contributed by atoms with E-state index in [0.29, 0.717) is 17.9 Å². The zero-order valence-electron chi connectivity index (χ0n) is 12.7. The van der Waals surface area contributed by atoms with E-state index >= 15 is 0 Å². The summed E-state index contributed by atoms with van der Waals surface area (Å²) >= 11 is 0. The Bertz CT molecular complexity index is 594. The maximum Gasteiger partial charge on any atom is 0.331 e. The molecule has 0 aliphatic carbocycles. The van der Waals surface area contributed by atoms with E-state index in [4.69, 9.17) is 9.47 Å². The van der Waals surface area contributed by atoms with Gasteiger partial charge >= 0.3 is 6.03 Å². The Hall–Kier alpha value is -2.57. The quantitative estimate of drug-likeness (QED) is 0.824. The fourth-order valence-corrected chi connectivity index (χ4v) is 2.45. The molecule has 118 valence electrons. The van der Waals surface area contributed by atoms with Crippen LogP contribution in [0.15, 0.2) is 18.2 Å². The number of urea groups is 1. The normalized spacial score (nSPS) is 16.3. The standard InChI is InChI=1S/C15H18N2O5/c1-9(17-14(19)8-13(18)16-15(17)20)6-10-4-5-11(21-2)12(7-10)22-3/h4-5,7,9H,6,8H2,1-3H3,(H,16,18,20)/t9-/m0/s1. The molecule has 1 atom stereocenters. The van der Waals surface area contributed by atoms with E-state index in [-0.39, 0.29) is 12.5 Å². The second-order valence-electron chi connectivity index (χ2n) is 5.04. The number of amides is 4. The third-order valence-electron chi connectivity index (χ3n) is 3.47. The number of hydrogen-bond acceptors (Lipinski definition) is 5. The van der Waals surface area contributed by atoms with Gasteiger partial charge in [0.25, 0.3) is 0 Å². The number of carbonyl (C=O) groups excluding carboxylic acids is 3. The molecule has 0 unspecified atom stereocenters. The molecule has 7 heteroatoms. The molecular formula is C15H18N2O5. The van der Waals surface area contributed by atoms with Crippen LogP contribution in [0.1, 0.15) is 18.9 Å². The van der Waals surface area contributed by atoms with Crippen molar-refractivity contribution in [1.29, 1.82) is 0 Å². The lowest BCUT2D eigenvalue weighted by atomic mass is 10.0. The van der Waals surface area contributed by atoms with Crippen molar-refractivity contribution in [3.63, 3.8) is 0 Å². The second-order valence-corrected chi connectivity index (χ2v) is 5.04. The fourth-order valence-electron chi connectivity index (χ4n) is 2.45. The summed E-state index contributed by atoms with van der Waals surface area (Å²) in [6, 6.07) is 4.36. The van der Waals surface area contributed by atoms with Crippen molar-refractivity contribution < 1.29 is 23.9 Å². The number of ether oxygens (including phenoxy) is 2. The summed E-state index contributed by atoms with van der Waals surface area (Å²) in [5.74, 6) is 0.138. The Kier molecular flexibility index (Phi) is 4.65. The smallest absolute Gasteiger partial charge is 0.331 e. The Morgan fingerprint density at radius 1 is 1.18 bits per heavy atom. The first-order chi connectivity index (χ1) is 10.5. The molecule has 1 heterocycles. The highest BCUT2D eigenvalue weighted by Crippen LogP contribution is 2.28. The maximum atomic E-state index is 11.9. The van der Waals surface area contributed by atoms with Crippen LogP contribution in [0.5, 0.6) is 11.5 Å². The summed E-state index contributed by atoms with van der Waals surface area (Å²) in [5.41, 5.74) is 0.891. The van der Waals surface area contributed by atoms with E-state index in [2.05, 4.69) is 5.32 Å². The molecule has 0 radical (unpaired) electrons. The van der Waals surface area contributed by atoms with Crippen LogP contribution in [-0.2, 0) is 16.0 Å². The van der Waals surface area contributed by atoms with Gasteiger partial charge < -0.3 is 9.47 Å². The number of imide groups is 2. The number of carbonyl (C=O) groups is 3. The average molecular weight is 306 g/mol. The van der Waals surface area contributed by atoms with Crippen LogP contribution in [0, 0.1) is 0 Å². The monoisotopic (exact) mass is 306 g/mol. The number of methoxy groups -OCH3 is 2. The van der Waals surface area contributed by atoms with Crippen LogP contribution in [0.25, 0.3) is 0 Å². The molecule has 1 aromatic carbocycles. The lowest BCUT2D eigenvalue weighted by Gasteiger charge is -2.30. The molecule has 2 rings (SSSR count). The summed E-state index contributed by atoms with van der Waals surface area (Å²) in [5, 5.41) is 2.15. The van der Waals surface area contributed by atoms with Gasteiger partial charge in [-0.2, -0.15) is 0 Å². The van der Waals surface area contributed by atoms with Gasteiger partial charge in [-0.25, -0.2) is 4.79 Å². The lowest BCUT2D eigenvalue weighted by molar-refractivity contribution is -0.137. The maximum absolute atomic E-state index is 11.9. The van der Waals surface area contributed by atoms with Crippen LogP contribution in [-0.4, -0.2) is 43.0 Å². The van der Waals surface area contributed by atoms with Crippen molar-refractivity contribution in [1.82, 2.24) is 10.2 Å². The van der Waals surface area contributed by atoms with E-state index in [1.54, 1.807) is 26.2 Å². The Balaban J connectivity index is 2.14. The van der Waals surface area contributed by atoms with Crippen molar-refractivity contribution in [3.8, 4) is 11.5 Å². The molecule has 1 N–H and O–H groups in total. The molecule has 4 amide bonds. The topological polar surface area (TPSA) is 84.9 Å². The SMILES string of the molecule is COc1ccc(C[C@H](C)N2C(=O)CC(=O)NC2=O)cc1OC. The first-order valence-corrected chi connectivity index (χ1v) is 6.83. The van der Waals surface area contributed by atoms with Crippen LogP contribution < -0.4 is 14.8 Å². The molecule has 0 spiro atoms. The zero-order chi connectivity index (χ0) is 16.3. The summed E-state index contributed by atoms with van der Waals surface area (Å²) in [6.07, 6.45) is 0.149. The molecule has 1 aliphatic heterocycles. The molecule has 1 aliphatic rings. The Morgan fingerprint density at radius 3 is 2.45 bits per heavy atom. The fraction of sp³-hybridized carbons (Fsp3) is 0.400. The second kappa shape index (κ2) is 6.46. The third kappa shape index (κ3) is 3.19. The largest absolute Gasteiger partial charge is 0.493 e. The number of nitrogens with one attached hydrogen (secondary N) is 1. The van der Waals surface area contributed by atoms with Gasteiger partial charge in [0, 0.05) is 6.04 Å². The first-order valence-electron chi connectivity index (χ1n) is 6.83. The summed E-state index contributed by atoms with van der Waals surface area (Å²) in [6.45, 7) is 1.75. The molecule has 7 nitrogen and oxygen atoms in total. The number of hydrogen-bond donors (Lipinski definition) is 1. The molecule has 0 bridgehead atoms. The van der Waals surface area contributed by atoms with Gasteiger partial charge in [-0.05, 0) is 31.0 Å². The van der Waals surface area contributed by atoms with Crippen molar-refractivity contribution in [2.75, 3.05) is 14.2 Å². The highest BCUT2D eigenvalue weighted by Gasteiger charge is 2.34. The Morgan fingerprint density at radius 2 is 1.86 bits per heavy atom. The third-order valence-corrected chi connectivity index (χ3v) is 3.47. The number of nitrogens with zero attached hydrogens (tertiary/aromatic N) is 1. The zero-order valence-corrected chi connectivity index (χ0v) is 12.7. The molecule has 1 fully saturated rings. The van der Waals surface area contributed by atoms with Gasteiger partial charge in [0.2, 0.25) is 11.8 Å². The summed E-state index contributed by atoms with van der Waals surface area (Å²) < 4.78 is 10.4. The molecule has 1 saturated heterocycles.